The lowest BCUT2D eigenvalue weighted by atomic mass is 9.88. The monoisotopic (exact) mass is 255 g/mol. The Hall–Kier alpha value is -1.06. The largest absolute Gasteiger partial charge is 0.481 e. The molecule has 0 radical (unpaired) electrons. The van der Waals surface area contributed by atoms with Gasteiger partial charge in [0.05, 0.1) is 6.42 Å². The molecule has 0 spiro atoms. The Kier molecular flexibility index (Phi) is 6.76. The van der Waals surface area contributed by atoms with Crippen LogP contribution in [-0.2, 0) is 9.59 Å². The maximum absolute atomic E-state index is 12.3. The van der Waals surface area contributed by atoms with E-state index in [1.807, 2.05) is 0 Å². The molecule has 1 aliphatic carbocycles. The van der Waals surface area contributed by atoms with Crippen molar-refractivity contribution >= 4 is 11.9 Å². The van der Waals surface area contributed by atoms with Crippen molar-refractivity contribution in [1.29, 1.82) is 0 Å². The van der Waals surface area contributed by atoms with E-state index in [9.17, 15) is 9.59 Å². The number of carbonyl (C=O) groups is 2. The maximum Gasteiger partial charge on any atom is 0.305 e. The summed E-state index contributed by atoms with van der Waals surface area (Å²) in [6.07, 6.45) is 7.51. The van der Waals surface area contributed by atoms with Gasteiger partial charge in [0, 0.05) is 19.0 Å². The second-order valence-electron chi connectivity index (χ2n) is 5.16. The molecule has 1 aliphatic rings. The number of hydrogen-bond acceptors (Lipinski definition) is 2. The van der Waals surface area contributed by atoms with Gasteiger partial charge in [0.1, 0.15) is 0 Å². The fourth-order valence-electron chi connectivity index (χ4n) is 2.52. The molecule has 0 heterocycles. The van der Waals surface area contributed by atoms with Crippen LogP contribution in [0.15, 0.2) is 0 Å². The molecule has 1 N–H and O–H groups in total. The molecule has 0 atom stereocenters. The van der Waals surface area contributed by atoms with Crippen LogP contribution in [0.1, 0.15) is 58.3 Å². The van der Waals surface area contributed by atoms with Crippen LogP contribution in [0.4, 0.5) is 0 Å². The van der Waals surface area contributed by atoms with Gasteiger partial charge >= 0.3 is 5.97 Å². The quantitative estimate of drug-likeness (QED) is 0.761. The Morgan fingerprint density at radius 3 is 2.39 bits per heavy atom. The predicted octanol–water partition coefficient (Wildman–Crippen LogP) is 2.67. The summed E-state index contributed by atoms with van der Waals surface area (Å²) < 4.78 is 0. The van der Waals surface area contributed by atoms with Crippen LogP contribution in [0.5, 0.6) is 0 Å². The topological polar surface area (TPSA) is 57.6 Å². The van der Waals surface area contributed by atoms with Crippen LogP contribution in [-0.4, -0.2) is 35.0 Å². The first-order chi connectivity index (χ1) is 8.65. The zero-order valence-electron chi connectivity index (χ0n) is 11.4. The third kappa shape index (κ3) is 5.07. The smallest absolute Gasteiger partial charge is 0.305 e. The van der Waals surface area contributed by atoms with Crippen molar-refractivity contribution in [3.05, 3.63) is 0 Å². The second kappa shape index (κ2) is 8.11. The van der Waals surface area contributed by atoms with E-state index < -0.39 is 5.97 Å². The highest BCUT2D eigenvalue weighted by Crippen LogP contribution is 2.25. The minimum Gasteiger partial charge on any atom is -0.481 e. The first-order valence-corrected chi connectivity index (χ1v) is 7.15. The number of carbonyl (C=O) groups excluding carboxylic acids is 1. The Morgan fingerprint density at radius 2 is 1.83 bits per heavy atom. The van der Waals surface area contributed by atoms with Crippen molar-refractivity contribution in [2.75, 3.05) is 13.1 Å². The molecule has 1 saturated carbocycles. The van der Waals surface area contributed by atoms with Crippen LogP contribution >= 0.6 is 0 Å². The number of amides is 1. The third-order valence-electron chi connectivity index (χ3n) is 3.64. The van der Waals surface area contributed by atoms with Gasteiger partial charge in [-0.15, -0.1) is 0 Å². The Morgan fingerprint density at radius 1 is 1.17 bits per heavy atom. The van der Waals surface area contributed by atoms with Gasteiger partial charge in [-0.05, 0) is 19.3 Å². The first-order valence-electron chi connectivity index (χ1n) is 7.15. The summed E-state index contributed by atoms with van der Waals surface area (Å²) in [5, 5.41) is 8.74. The molecule has 0 unspecified atom stereocenters. The second-order valence-corrected chi connectivity index (χ2v) is 5.16. The van der Waals surface area contributed by atoms with E-state index in [2.05, 4.69) is 6.92 Å². The van der Waals surface area contributed by atoms with Crippen LogP contribution in [0.25, 0.3) is 0 Å². The summed E-state index contributed by atoms with van der Waals surface area (Å²) in [6, 6.07) is 0. The van der Waals surface area contributed by atoms with Gasteiger partial charge in [0.2, 0.25) is 5.91 Å². The van der Waals surface area contributed by atoms with E-state index in [1.165, 1.54) is 6.42 Å². The summed E-state index contributed by atoms with van der Waals surface area (Å²) in [4.78, 5) is 24.8. The van der Waals surface area contributed by atoms with Crippen LogP contribution < -0.4 is 0 Å². The van der Waals surface area contributed by atoms with Gasteiger partial charge in [-0.2, -0.15) is 0 Å². The van der Waals surface area contributed by atoms with Crippen LogP contribution in [0.2, 0.25) is 0 Å². The molecule has 104 valence electrons. The molecule has 1 amide bonds. The Bertz CT molecular complexity index is 272. The van der Waals surface area contributed by atoms with Crippen LogP contribution in [0.3, 0.4) is 0 Å². The fraction of sp³-hybridized carbons (Fsp3) is 0.857. The average molecular weight is 255 g/mol. The predicted molar refractivity (Wildman–Crippen MR) is 70.3 cm³/mol. The third-order valence-corrected chi connectivity index (χ3v) is 3.64. The highest BCUT2D eigenvalue weighted by atomic mass is 16.4. The molecule has 0 bridgehead atoms. The van der Waals surface area contributed by atoms with Crippen molar-refractivity contribution in [3.63, 3.8) is 0 Å². The molecular formula is C14H25NO3. The van der Waals surface area contributed by atoms with E-state index >= 15 is 0 Å². The summed E-state index contributed by atoms with van der Waals surface area (Å²) in [5.41, 5.74) is 0. The number of carboxylic acids is 1. The number of carboxylic acid groups (broad SMARTS) is 1. The molecule has 18 heavy (non-hydrogen) atoms. The standard InChI is InChI=1S/C14H25NO3/c1-2-3-10-15(11-9-13(16)17)14(18)12-7-5-4-6-8-12/h12H,2-11H2,1H3,(H,16,17). The zero-order chi connectivity index (χ0) is 13.4. The van der Waals surface area contributed by atoms with Gasteiger partial charge in [0.15, 0.2) is 0 Å². The Labute approximate surface area is 109 Å². The number of aliphatic carboxylic acids is 1. The summed E-state index contributed by atoms with van der Waals surface area (Å²) in [5.74, 6) is -0.498. The molecule has 1 fully saturated rings. The van der Waals surface area contributed by atoms with Gasteiger partial charge in [0.25, 0.3) is 0 Å². The van der Waals surface area contributed by atoms with E-state index in [-0.39, 0.29) is 18.2 Å². The van der Waals surface area contributed by atoms with Gasteiger partial charge in [-0.25, -0.2) is 0 Å². The molecule has 0 aromatic carbocycles. The fourth-order valence-corrected chi connectivity index (χ4v) is 2.52. The number of hydrogen-bond donors (Lipinski definition) is 1. The average Bonchev–Trinajstić information content (AvgIpc) is 2.39. The van der Waals surface area contributed by atoms with Crippen molar-refractivity contribution in [2.24, 2.45) is 5.92 Å². The van der Waals surface area contributed by atoms with Crippen molar-refractivity contribution < 1.29 is 14.7 Å². The normalized spacial score (nSPS) is 16.5. The molecule has 0 saturated heterocycles. The molecule has 0 aliphatic heterocycles. The highest BCUT2D eigenvalue weighted by molar-refractivity contribution is 5.79. The first kappa shape index (κ1) is 15.0. The molecule has 0 aromatic rings. The van der Waals surface area contributed by atoms with Gasteiger partial charge in [-0.3, -0.25) is 9.59 Å². The number of rotatable bonds is 7. The van der Waals surface area contributed by atoms with E-state index in [4.69, 9.17) is 5.11 Å². The summed E-state index contributed by atoms with van der Waals surface area (Å²) >= 11 is 0. The molecular weight excluding hydrogens is 230 g/mol. The van der Waals surface area contributed by atoms with Crippen molar-refractivity contribution in [3.8, 4) is 0 Å². The van der Waals surface area contributed by atoms with Crippen molar-refractivity contribution in [1.82, 2.24) is 4.90 Å². The minimum atomic E-state index is -0.826. The Balaban J connectivity index is 2.50. The lowest BCUT2D eigenvalue weighted by molar-refractivity contribution is -0.140. The lowest BCUT2D eigenvalue weighted by Gasteiger charge is -2.29. The molecule has 0 aromatic heterocycles. The lowest BCUT2D eigenvalue weighted by Crippen LogP contribution is -2.39. The minimum absolute atomic E-state index is 0.0577. The highest BCUT2D eigenvalue weighted by Gasteiger charge is 2.25. The van der Waals surface area contributed by atoms with E-state index in [0.29, 0.717) is 13.1 Å². The zero-order valence-corrected chi connectivity index (χ0v) is 11.4. The summed E-state index contributed by atoms with van der Waals surface area (Å²) in [7, 11) is 0. The molecule has 4 heteroatoms. The molecule has 4 nitrogen and oxygen atoms in total. The van der Waals surface area contributed by atoms with Crippen molar-refractivity contribution in [2.45, 2.75) is 58.3 Å². The molecule has 1 rings (SSSR count). The maximum atomic E-state index is 12.3. The van der Waals surface area contributed by atoms with E-state index in [1.54, 1.807) is 4.90 Å². The van der Waals surface area contributed by atoms with Crippen LogP contribution in [0, 0.1) is 5.92 Å². The number of nitrogens with zero attached hydrogens (tertiary/aromatic N) is 1. The summed E-state index contributed by atoms with van der Waals surface area (Å²) in [6.45, 7) is 3.16. The SMILES string of the molecule is CCCCN(CCC(=O)O)C(=O)C1CCCCC1. The van der Waals surface area contributed by atoms with Gasteiger partial charge in [-0.1, -0.05) is 32.6 Å². The number of unbranched alkanes of at least 4 members (excludes halogenated alkanes) is 1. The van der Waals surface area contributed by atoms with Gasteiger partial charge < -0.3 is 10.0 Å². The van der Waals surface area contributed by atoms with E-state index in [0.717, 1.165) is 38.5 Å².